The fourth-order valence-electron chi connectivity index (χ4n) is 8.89. The second-order valence-electron chi connectivity index (χ2n) is 14.7. The molecule has 0 fully saturated rings. The zero-order valence-electron chi connectivity index (χ0n) is 31.4. The van der Waals surface area contributed by atoms with E-state index in [4.69, 9.17) is 19.4 Å². The number of aromatic nitrogens is 5. The summed E-state index contributed by atoms with van der Waals surface area (Å²) in [5, 5.41) is 17.4. The largest absolute Gasteiger partial charge is 0.454 e. The third-order valence-electron chi connectivity index (χ3n) is 11.4. The van der Waals surface area contributed by atoms with Crippen LogP contribution in [0.2, 0.25) is 0 Å². The molecule has 59 heavy (non-hydrogen) atoms. The Hall–Kier alpha value is -8.34. The molecule has 0 N–H and O–H groups in total. The molecule has 8 aromatic carbocycles. The predicted octanol–water partition coefficient (Wildman–Crippen LogP) is 12.8. The molecule has 0 radical (unpaired) electrons. The van der Waals surface area contributed by atoms with Crippen molar-refractivity contribution < 1.29 is 4.42 Å². The summed E-state index contributed by atoms with van der Waals surface area (Å²) in [5.74, 6) is 1.53. The van der Waals surface area contributed by atoms with E-state index in [0.717, 1.165) is 65.8 Å². The van der Waals surface area contributed by atoms with Crippen LogP contribution in [-0.2, 0) is 0 Å². The lowest BCUT2D eigenvalue weighted by molar-refractivity contribution is 0.666. The number of para-hydroxylation sites is 4. The highest BCUT2D eigenvalue weighted by atomic mass is 16.3. The molecule has 0 spiro atoms. The van der Waals surface area contributed by atoms with Crippen molar-refractivity contribution in [2.24, 2.45) is 0 Å². The van der Waals surface area contributed by atoms with E-state index in [-0.39, 0.29) is 0 Å². The molecule has 0 bridgehead atoms. The van der Waals surface area contributed by atoms with Gasteiger partial charge in [0, 0.05) is 54.7 Å². The Morgan fingerprint density at radius 2 is 1.02 bits per heavy atom. The maximum Gasteiger partial charge on any atom is 0.164 e. The molecule has 0 saturated carbocycles. The van der Waals surface area contributed by atoms with Crippen molar-refractivity contribution in [2.45, 2.75) is 0 Å². The Morgan fingerprint density at radius 1 is 0.458 bits per heavy atom. The molecule has 0 unspecified atom stereocenters. The van der Waals surface area contributed by atoms with E-state index in [9.17, 15) is 5.26 Å². The minimum atomic E-state index is 0.431. The van der Waals surface area contributed by atoms with Gasteiger partial charge >= 0.3 is 0 Å². The van der Waals surface area contributed by atoms with Crippen molar-refractivity contribution in [3.8, 4) is 51.6 Å². The highest BCUT2D eigenvalue weighted by Gasteiger charge is 2.27. The van der Waals surface area contributed by atoms with Crippen molar-refractivity contribution in [3.05, 3.63) is 188 Å². The van der Waals surface area contributed by atoms with E-state index in [1.807, 2.05) is 91.0 Å². The van der Waals surface area contributed by atoms with Crippen LogP contribution in [0.4, 0.5) is 0 Å². The lowest BCUT2D eigenvalue weighted by atomic mass is 10.00. The summed E-state index contributed by atoms with van der Waals surface area (Å²) < 4.78 is 11.5. The van der Waals surface area contributed by atoms with Gasteiger partial charge in [-0.1, -0.05) is 140 Å². The third-order valence-corrected chi connectivity index (χ3v) is 11.4. The molecular weight excluding hydrogens is 725 g/mol. The Balaban J connectivity index is 1.22. The van der Waals surface area contributed by atoms with E-state index in [1.165, 1.54) is 5.39 Å². The molecule has 12 aromatic rings. The van der Waals surface area contributed by atoms with Crippen LogP contribution in [0.5, 0.6) is 0 Å². The van der Waals surface area contributed by atoms with E-state index < -0.39 is 0 Å². The standard InChI is InChI=1S/C52H30N6O/c53-31-34-30-40(52-55-50(32-16-4-1-5-17-32)54-51(56-52)33-18-6-2-7-19-33)45-39-24-12-15-27-44(39)59-49(45)47(34)58-42-26-14-11-23-38(42)46-43(58)29-28-37-36-22-10-13-25-41(36)57(48(37)46)35-20-8-3-9-21-35/h1-30H. The van der Waals surface area contributed by atoms with Gasteiger partial charge in [-0.15, -0.1) is 0 Å². The Bertz CT molecular complexity index is 3610. The highest BCUT2D eigenvalue weighted by molar-refractivity contribution is 6.27. The van der Waals surface area contributed by atoms with Crippen LogP contribution in [0.3, 0.4) is 0 Å². The average Bonchev–Trinajstić information content (AvgIpc) is 3.97. The molecule has 12 rings (SSSR count). The first kappa shape index (κ1) is 32.9. The van der Waals surface area contributed by atoms with Crippen LogP contribution in [0, 0.1) is 11.3 Å². The summed E-state index contributed by atoms with van der Waals surface area (Å²) >= 11 is 0. The first-order valence-corrected chi connectivity index (χ1v) is 19.5. The van der Waals surface area contributed by atoms with Crippen LogP contribution >= 0.6 is 0 Å². The van der Waals surface area contributed by atoms with Crippen molar-refractivity contribution in [2.75, 3.05) is 0 Å². The topological polar surface area (TPSA) is 85.5 Å². The molecule has 0 aliphatic carbocycles. The Morgan fingerprint density at radius 3 is 1.69 bits per heavy atom. The first-order chi connectivity index (χ1) is 29.2. The van der Waals surface area contributed by atoms with Gasteiger partial charge in [0.05, 0.1) is 27.6 Å². The van der Waals surface area contributed by atoms with E-state index in [0.29, 0.717) is 45.5 Å². The Labute approximate surface area is 337 Å². The minimum Gasteiger partial charge on any atom is -0.454 e. The minimum absolute atomic E-state index is 0.431. The first-order valence-electron chi connectivity index (χ1n) is 19.5. The molecule has 0 saturated heterocycles. The highest BCUT2D eigenvalue weighted by Crippen LogP contribution is 2.46. The van der Waals surface area contributed by atoms with Crippen molar-refractivity contribution >= 4 is 65.6 Å². The number of furan rings is 1. The molecule has 0 amide bonds. The summed E-state index contributed by atoms with van der Waals surface area (Å²) in [5.41, 5.74) is 10.0. The fourth-order valence-corrected chi connectivity index (χ4v) is 8.89. The van der Waals surface area contributed by atoms with Gasteiger partial charge in [0.25, 0.3) is 0 Å². The number of hydrogen-bond donors (Lipinski definition) is 0. The summed E-state index contributed by atoms with van der Waals surface area (Å²) in [4.78, 5) is 15.2. The second kappa shape index (κ2) is 12.8. The number of benzene rings is 8. The number of nitriles is 1. The number of nitrogens with zero attached hydrogens (tertiary/aromatic N) is 6. The molecule has 7 nitrogen and oxygen atoms in total. The summed E-state index contributed by atoms with van der Waals surface area (Å²) in [6.45, 7) is 0. The van der Waals surface area contributed by atoms with Gasteiger partial charge in [0.15, 0.2) is 23.1 Å². The van der Waals surface area contributed by atoms with Crippen LogP contribution in [-0.4, -0.2) is 24.1 Å². The van der Waals surface area contributed by atoms with Gasteiger partial charge in [0.1, 0.15) is 17.3 Å². The van der Waals surface area contributed by atoms with Crippen LogP contribution in [0.25, 0.3) is 111 Å². The summed E-state index contributed by atoms with van der Waals surface area (Å²) in [6, 6.07) is 64.3. The third kappa shape index (κ3) is 4.90. The van der Waals surface area contributed by atoms with Gasteiger partial charge in [-0.05, 0) is 42.5 Å². The number of hydrogen-bond acceptors (Lipinski definition) is 5. The second-order valence-corrected chi connectivity index (χ2v) is 14.7. The molecule has 0 aliphatic heterocycles. The quantitative estimate of drug-likeness (QED) is 0.175. The van der Waals surface area contributed by atoms with Gasteiger partial charge < -0.3 is 13.6 Å². The van der Waals surface area contributed by atoms with Crippen LogP contribution < -0.4 is 0 Å². The lowest BCUT2D eigenvalue weighted by Crippen LogP contribution is -2.03. The van der Waals surface area contributed by atoms with Gasteiger partial charge in [-0.2, -0.15) is 5.26 Å². The summed E-state index contributed by atoms with van der Waals surface area (Å²) in [7, 11) is 0. The molecule has 4 aromatic heterocycles. The molecule has 4 heterocycles. The SMILES string of the molecule is N#Cc1cc(-c2nc(-c3ccccc3)nc(-c3ccccc3)n2)c2c(oc3ccccc32)c1-n1c2ccccc2c2c1ccc1c3ccccc3n(-c3ccccc3)c12. The number of rotatable bonds is 5. The van der Waals surface area contributed by atoms with Crippen LogP contribution in [0.15, 0.2) is 186 Å². The van der Waals surface area contributed by atoms with Crippen molar-refractivity contribution in [1.29, 1.82) is 5.26 Å². The lowest BCUT2D eigenvalue weighted by Gasteiger charge is -2.14. The fraction of sp³-hybridized carbons (Fsp3) is 0. The zero-order chi connectivity index (χ0) is 39.0. The normalized spacial score (nSPS) is 11.7. The molecule has 7 heteroatoms. The zero-order valence-corrected chi connectivity index (χ0v) is 31.4. The van der Waals surface area contributed by atoms with Crippen LogP contribution in [0.1, 0.15) is 5.56 Å². The monoisotopic (exact) mass is 754 g/mol. The molecule has 0 aliphatic rings. The van der Waals surface area contributed by atoms with E-state index in [1.54, 1.807) is 0 Å². The maximum absolute atomic E-state index is 11.2. The van der Waals surface area contributed by atoms with E-state index in [2.05, 4.69) is 106 Å². The molecule has 0 atom stereocenters. The van der Waals surface area contributed by atoms with Gasteiger partial charge in [0.2, 0.25) is 0 Å². The van der Waals surface area contributed by atoms with Crippen molar-refractivity contribution in [1.82, 2.24) is 24.1 Å². The van der Waals surface area contributed by atoms with Gasteiger partial charge in [-0.25, -0.2) is 15.0 Å². The summed E-state index contributed by atoms with van der Waals surface area (Å²) in [6.07, 6.45) is 0. The Kier molecular flexibility index (Phi) is 7.16. The maximum atomic E-state index is 11.2. The molecular formula is C52H30N6O. The van der Waals surface area contributed by atoms with E-state index >= 15 is 0 Å². The average molecular weight is 755 g/mol. The molecule has 274 valence electrons. The smallest absolute Gasteiger partial charge is 0.164 e. The van der Waals surface area contributed by atoms with Crippen molar-refractivity contribution in [3.63, 3.8) is 0 Å². The predicted molar refractivity (Wildman–Crippen MR) is 237 cm³/mol. The number of fused-ring (bicyclic) bond motifs is 10. The van der Waals surface area contributed by atoms with Gasteiger partial charge in [-0.3, -0.25) is 0 Å².